The number of nitrogens with zero attached hydrogens (tertiary/aromatic N) is 1. The lowest BCUT2D eigenvalue weighted by molar-refractivity contribution is -0.385. The highest BCUT2D eigenvalue weighted by molar-refractivity contribution is 5.80. The van der Waals surface area contributed by atoms with E-state index in [-0.39, 0.29) is 18.1 Å². The van der Waals surface area contributed by atoms with Gasteiger partial charge in [-0.3, -0.25) is 14.9 Å². The first-order valence-corrected chi connectivity index (χ1v) is 8.58. The fraction of sp³-hybridized carbons (Fsp3) is 0.611. The molecule has 0 heterocycles. The smallest absolute Gasteiger partial charge is 0.276 e. The van der Waals surface area contributed by atoms with E-state index in [0.717, 1.165) is 6.42 Å². The Morgan fingerprint density at radius 3 is 2.35 bits per heavy atom. The molecule has 0 radical (unpaired) electrons. The molecule has 0 saturated carbocycles. The number of carbonyl (C=O) groups is 1. The molecule has 1 N–H and O–H groups in total. The summed E-state index contributed by atoms with van der Waals surface area (Å²) in [4.78, 5) is 22.8. The molecule has 1 amide bonds. The van der Waals surface area contributed by atoms with E-state index in [1.54, 1.807) is 13.0 Å². The maximum absolute atomic E-state index is 12.0. The Hall–Kier alpha value is -2.35. The largest absolute Gasteiger partial charge is 0.493 e. The molecule has 0 aliphatic rings. The summed E-state index contributed by atoms with van der Waals surface area (Å²) >= 11 is 0. The third-order valence-electron chi connectivity index (χ3n) is 3.91. The van der Waals surface area contributed by atoms with Gasteiger partial charge in [-0.2, -0.15) is 0 Å². The van der Waals surface area contributed by atoms with Gasteiger partial charge in [-0.15, -0.1) is 0 Å². The molecular formula is C18H28N2O6. The third-order valence-corrected chi connectivity index (χ3v) is 3.91. The number of nitro groups is 1. The number of nitrogens with one attached hydrogen (secondary N) is 1. The van der Waals surface area contributed by atoms with Gasteiger partial charge in [0.05, 0.1) is 25.2 Å². The van der Waals surface area contributed by atoms with Crippen LogP contribution in [0.15, 0.2) is 12.1 Å². The third kappa shape index (κ3) is 6.51. The van der Waals surface area contributed by atoms with Crippen molar-refractivity contribution in [2.75, 3.05) is 27.4 Å². The van der Waals surface area contributed by atoms with E-state index in [4.69, 9.17) is 14.2 Å². The van der Waals surface area contributed by atoms with Crippen molar-refractivity contribution in [3.63, 3.8) is 0 Å². The molecule has 1 aromatic carbocycles. The highest BCUT2D eigenvalue weighted by atomic mass is 16.6. The first-order chi connectivity index (χ1) is 12.3. The van der Waals surface area contributed by atoms with Crippen molar-refractivity contribution >= 4 is 11.6 Å². The summed E-state index contributed by atoms with van der Waals surface area (Å²) in [6.45, 7) is 6.64. The summed E-state index contributed by atoms with van der Waals surface area (Å²) in [5, 5.41) is 14.0. The lowest BCUT2D eigenvalue weighted by Crippen LogP contribution is -2.36. The molecule has 146 valence electrons. The Bertz CT molecular complexity index is 618. The van der Waals surface area contributed by atoms with E-state index >= 15 is 0 Å². The van der Waals surface area contributed by atoms with Gasteiger partial charge >= 0.3 is 0 Å². The molecule has 1 aromatic rings. The first-order valence-electron chi connectivity index (χ1n) is 8.58. The number of rotatable bonds is 11. The van der Waals surface area contributed by atoms with Gasteiger partial charge in [0, 0.05) is 18.7 Å². The number of hydrogen-bond donors (Lipinski definition) is 1. The van der Waals surface area contributed by atoms with Gasteiger partial charge in [-0.05, 0) is 31.7 Å². The lowest BCUT2D eigenvalue weighted by atomic mass is 10.1. The molecule has 0 unspecified atom stereocenters. The molecule has 0 aliphatic heterocycles. The SMILES string of the molecule is COc1cc(CCNC(=O)[C@@H](C)OCCC(C)C)c([N+](=O)[O-])cc1OC. The molecule has 0 saturated heterocycles. The molecule has 0 bridgehead atoms. The monoisotopic (exact) mass is 368 g/mol. The summed E-state index contributed by atoms with van der Waals surface area (Å²) < 4.78 is 15.8. The fourth-order valence-electron chi connectivity index (χ4n) is 2.30. The van der Waals surface area contributed by atoms with Crippen LogP contribution in [0.1, 0.15) is 32.8 Å². The number of methoxy groups -OCH3 is 2. The maximum atomic E-state index is 12.0. The normalized spacial score (nSPS) is 11.9. The standard InChI is InChI=1S/C18H28N2O6/c1-12(2)7-9-26-13(3)18(21)19-8-6-14-10-16(24-4)17(25-5)11-15(14)20(22)23/h10-13H,6-9H2,1-5H3,(H,19,21)/t13-/m1/s1. The number of carbonyl (C=O) groups excluding carboxylic acids is 1. The van der Waals surface area contributed by atoms with Crippen molar-refractivity contribution in [1.82, 2.24) is 5.32 Å². The number of ether oxygens (including phenoxy) is 3. The van der Waals surface area contributed by atoms with Crippen LogP contribution < -0.4 is 14.8 Å². The number of hydrogen-bond acceptors (Lipinski definition) is 6. The van der Waals surface area contributed by atoms with Crippen molar-refractivity contribution < 1.29 is 23.9 Å². The summed E-state index contributed by atoms with van der Waals surface area (Å²) in [7, 11) is 2.88. The van der Waals surface area contributed by atoms with Crippen molar-refractivity contribution in [3.8, 4) is 11.5 Å². The van der Waals surface area contributed by atoms with E-state index in [0.29, 0.717) is 36.0 Å². The van der Waals surface area contributed by atoms with Crippen molar-refractivity contribution in [1.29, 1.82) is 0 Å². The minimum absolute atomic E-state index is 0.0712. The second-order valence-electron chi connectivity index (χ2n) is 6.33. The van der Waals surface area contributed by atoms with E-state index in [1.165, 1.54) is 20.3 Å². The second kappa shape index (κ2) is 10.6. The summed E-state index contributed by atoms with van der Waals surface area (Å²) in [6, 6.07) is 2.89. The second-order valence-corrected chi connectivity index (χ2v) is 6.33. The predicted octanol–water partition coefficient (Wildman–Crippen LogP) is 2.72. The van der Waals surface area contributed by atoms with E-state index in [9.17, 15) is 14.9 Å². The topological polar surface area (TPSA) is 99.9 Å². The number of benzene rings is 1. The van der Waals surface area contributed by atoms with E-state index in [2.05, 4.69) is 19.2 Å². The first kappa shape index (κ1) is 21.7. The Labute approximate surface area is 154 Å². The molecule has 0 spiro atoms. The highest BCUT2D eigenvalue weighted by Crippen LogP contribution is 2.34. The minimum atomic E-state index is -0.561. The Kier molecular flexibility index (Phi) is 8.84. The van der Waals surface area contributed by atoms with Crippen LogP contribution in [0.5, 0.6) is 11.5 Å². The van der Waals surface area contributed by atoms with Gasteiger partial charge in [-0.25, -0.2) is 0 Å². The van der Waals surface area contributed by atoms with Gasteiger partial charge in [0.25, 0.3) is 5.69 Å². The Morgan fingerprint density at radius 1 is 1.19 bits per heavy atom. The van der Waals surface area contributed by atoms with Crippen LogP contribution >= 0.6 is 0 Å². The zero-order valence-corrected chi connectivity index (χ0v) is 16.0. The summed E-state index contributed by atoms with van der Waals surface area (Å²) in [6.07, 6.45) is 0.616. The molecule has 0 fully saturated rings. The van der Waals surface area contributed by atoms with Crippen LogP contribution in [0.4, 0.5) is 5.69 Å². The van der Waals surface area contributed by atoms with Crippen molar-refractivity contribution in [3.05, 3.63) is 27.8 Å². The van der Waals surface area contributed by atoms with Crippen LogP contribution in [0, 0.1) is 16.0 Å². The van der Waals surface area contributed by atoms with E-state index < -0.39 is 11.0 Å². The molecule has 26 heavy (non-hydrogen) atoms. The van der Waals surface area contributed by atoms with Crippen molar-refractivity contribution in [2.45, 2.75) is 39.7 Å². The van der Waals surface area contributed by atoms with Gasteiger partial charge in [-0.1, -0.05) is 13.8 Å². The van der Waals surface area contributed by atoms with Gasteiger partial charge in [0.15, 0.2) is 11.5 Å². The van der Waals surface area contributed by atoms with Gasteiger partial charge in [0.2, 0.25) is 5.91 Å². The number of amides is 1. The molecule has 8 nitrogen and oxygen atoms in total. The Morgan fingerprint density at radius 2 is 1.81 bits per heavy atom. The van der Waals surface area contributed by atoms with Crippen molar-refractivity contribution in [2.24, 2.45) is 5.92 Å². The number of nitro benzene ring substituents is 1. The molecule has 1 atom stereocenters. The van der Waals surface area contributed by atoms with Crippen LogP contribution in [-0.2, 0) is 16.0 Å². The minimum Gasteiger partial charge on any atom is -0.493 e. The average Bonchev–Trinajstić information content (AvgIpc) is 2.60. The average molecular weight is 368 g/mol. The quantitative estimate of drug-likeness (QED) is 0.476. The molecule has 1 rings (SSSR count). The van der Waals surface area contributed by atoms with Gasteiger partial charge in [0.1, 0.15) is 6.10 Å². The van der Waals surface area contributed by atoms with Crippen LogP contribution in [0.3, 0.4) is 0 Å². The highest BCUT2D eigenvalue weighted by Gasteiger charge is 2.20. The zero-order chi connectivity index (χ0) is 19.7. The van der Waals surface area contributed by atoms with Crippen LogP contribution in [0.25, 0.3) is 0 Å². The molecular weight excluding hydrogens is 340 g/mol. The molecule has 0 aromatic heterocycles. The molecule has 8 heteroatoms. The lowest BCUT2D eigenvalue weighted by Gasteiger charge is -2.15. The van der Waals surface area contributed by atoms with Crippen LogP contribution in [0.2, 0.25) is 0 Å². The maximum Gasteiger partial charge on any atom is 0.276 e. The summed E-state index contributed by atoms with van der Waals surface area (Å²) in [5.74, 6) is 0.969. The van der Waals surface area contributed by atoms with Gasteiger partial charge < -0.3 is 19.5 Å². The summed E-state index contributed by atoms with van der Waals surface area (Å²) in [5.41, 5.74) is 0.388. The fourth-order valence-corrected chi connectivity index (χ4v) is 2.30. The predicted molar refractivity (Wildman–Crippen MR) is 97.8 cm³/mol. The van der Waals surface area contributed by atoms with E-state index in [1.807, 2.05) is 0 Å². The Balaban J connectivity index is 2.66. The van der Waals surface area contributed by atoms with Crippen LogP contribution in [-0.4, -0.2) is 44.3 Å². The zero-order valence-electron chi connectivity index (χ0n) is 16.0. The molecule has 0 aliphatic carbocycles.